The van der Waals surface area contributed by atoms with Crippen molar-refractivity contribution in [3.63, 3.8) is 0 Å². The second kappa shape index (κ2) is 8.13. The van der Waals surface area contributed by atoms with Crippen molar-refractivity contribution in [2.24, 2.45) is 5.10 Å². The molecule has 4 nitrogen and oxygen atoms in total. The summed E-state index contributed by atoms with van der Waals surface area (Å²) in [6, 6.07) is 22.5. The number of hydrazone groups is 1. The number of benzene rings is 3. The van der Waals surface area contributed by atoms with Crippen LogP contribution in [0, 0.1) is 0 Å². The Morgan fingerprint density at radius 3 is 2.69 bits per heavy atom. The van der Waals surface area contributed by atoms with Crippen molar-refractivity contribution in [1.82, 2.24) is 4.98 Å². The van der Waals surface area contributed by atoms with Crippen molar-refractivity contribution in [1.29, 1.82) is 0 Å². The summed E-state index contributed by atoms with van der Waals surface area (Å²) in [5.74, 6) is 0. The number of aromatic nitrogens is 1. The van der Waals surface area contributed by atoms with Gasteiger partial charge in [-0.3, -0.25) is 5.43 Å². The van der Waals surface area contributed by atoms with Crippen molar-refractivity contribution >= 4 is 45.5 Å². The number of fused-ring (bicyclic) bond motifs is 2. The lowest BCUT2D eigenvalue weighted by atomic mass is 10.0. The number of anilines is 1. The molecule has 1 N–H and O–H groups in total. The molecule has 0 bridgehead atoms. The zero-order chi connectivity index (χ0) is 19.5. The fourth-order valence-corrected chi connectivity index (χ4v) is 4.62. The number of hydrogen-bond donors (Lipinski definition) is 1. The molecule has 0 atom stereocenters. The van der Waals surface area contributed by atoms with Crippen molar-refractivity contribution in [3.05, 3.63) is 77.2 Å². The molecule has 3 aromatic carbocycles. The van der Waals surface area contributed by atoms with Crippen LogP contribution in [0.15, 0.2) is 91.9 Å². The van der Waals surface area contributed by atoms with Crippen LogP contribution in [0.4, 0.5) is 5.69 Å². The predicted octanol–water partition coefficient (Wildman–Crippen LogP) is 7.00. The number of rotatable bonds is 5. The van der Waals surface area contributed by atoms with E-state index in [-0.39, 0.29) is 0 Å². The maximum absolute atomic E-state index is 5.89. The number of nitrogens with zero attached hydrogens (tertiary/aromatic N) is 2. The van der Waals surface area contributed by atoms with Gasteiger partial charge in [0.1, 0.15) is 5.52 Å². The number of para-hydroxylation sites is 2. The lowest BCUT2D eigenvalue weighted by Gasteiger charge is -2.15. The van der Waals surface area contributed by atoms with Gasteiger partial charge in [0.2, 0.25) is 0 Å². The molecular formula is C24H21N3OS. The second-order valence-electron chi connectivity index (χ2n) is 7.14. The highest BCUT2D eigenvalue weighted by molar-refractivity contribution is 8.02. The highest BCUT2D eigenvalue weighted by Crippen LogP contribution is 2.37. The van der Waals surface area contributed by atoms with E-state index in [0.717, 1.165) is 29.6 Å². The molecule has 0 spiro atoms. The molecule has 29 heavy (non-hydrogen) atoms. The van der Waals surface area contributed by atoms with E-state index in [0.29, 0.717) is 5.22 Å². The summed E-state index contributed by atoms with van der Waals surface area (Å²) in [4.78, 5) is 5.90. The van der Waals surface area contributed by atoms with Gasteiger partial charge in [0, 0.05) is 0 Å². The molecule has 4 aromatic rings. The Labute approximate surface area is 173 Å². The molecule has 0 saturated heterocycles. The van der Waals surface area contributed by atoms with Crippen LogP contribution in [-0.4, -0.2) is 11.2 Å². The van der Waals surface area contributed by atoms with Crippen LogP contribution in [0.3, 0.4) is 0 Å². The summed E-state index contributed by atoms with van der Waals surface area (Å²) in [6.07, 6.45) is 6.42. The van der Waals surface area contributed by atoms with Gasteiger partial charge in [0.25, 0.3) is 5.22 Å². The number of thioether (sulfide) groups is 1. The van der Waals surface area contributed by atoms with Crippen molar-refractivity contribution < 1.29 is 4.42 Å². The van der Waals surface area contributed by atoms with Gasteiger partial charge < -0.3 is 4.42 Å². The van der Waals surface area contributed by atoms with Crippen molar-refractivity contribution in [2.75, 3.05) is 5.43 Å². The number of allylic oxidation sites excluding steroid dienone is 2. The summed E-state index contributed by atoms with van der Waals surface area (Å²) >= 11 is 1.63. The van der Waals surface area contributed by atoms with Gasteiger partial charge in [-0.2, -0.15) is 5.10 Å². The van der Waals surface area contributed by atoms with E-state index in [2.05, 4.69) is 58.0 Å². The largest absolute Gasteiger partial charge is 0.431 e. The fraction of sp³-hybridized carbons (Fsp3) is 0.167. The van der Waals surface area contributed by atoms with E-state index in [4.69, 9.17) is 4.42 Å². The topological polar surface area (TPSA) is 50.4 Å². The van der Waals surface area contributed by atoms with E-state index >= 15 is 0 Å². The maximum atomic E-state index is 5.89. The third kappa shape index (κ3) is 4.05. The van der Waals surface area contributed by atoms with Gasteiger partial charge in [-0.25, -0.2) is 4.98 Å². The Morgan fingerprint density at radius 1 is 0.931 bits per heavy atom. The molecule has 0 fully saturated rings. The highest BCUT2D eigenvalue weighted by Gasteiger charge is 2.16. The number of hydrogen-bond acceptors (Lipinski definition) is 5. The normalized spacial score (nSPS) is 14.9. The van der Waals surface area contributed by atoms with Crippen LogP contribution in [0.1, 0.15) is 25.7 Å². The standard InChI is InChI=1S/C24H21N3OS/c1-2-8-18-15-20(14-13-17(18)7-1)27-25-16-19-9-3-6-12-23(19)29-24-26-21-10-4-5-11-22(21)28-24/h1-2,4-5,7-8,10-11,13-16,27H,3,6,9,12H2/b25-16-. The first-order valence-corrected chi connectivity index (χ1v) is 10.7. The first kappa shape index (κ1) is 18.0. The Kier molecular flexibility index (Phi) is 5.05. The summed E-state index contributed by atoms with van der Waals surface area (Å²) in [7, 11) is 0. The van der Waals surface area contributed by atoms with E-state index in [9.17, 15) is 0 Å². The van der Waals surface area contributed by atoms with Gasteiger partial charge in [0.15, 0.2) is 5.58 Å². The molecule has 5 heteroatoms. The zero-order valence-electron chi connectivity index (χ0n) is 16.0. The van der Waals surface area contributed by atoms with Crippen molar-refractivity contribution in [3.8, 4) is 0 Å². The number of oxazole rings is 1. The maximum Gasteiger partial charge on any atom is 0.261 e. The van der Waals surface area contributed by atoms with Crippen LogP contribution in [0.2, 0.25) is 0 Å². The van der Waals surface area contributed by atoms with Crippen LogP contribution in [0.25, 0.3) is 21.9 Å². The molecule has 1 aliphatic carbocycles. The second-order valence-corrected chi connectivity index (χ2v) is 8.18. The molecule has 144 valence electrons. The predicted molar refractivity (Wildman–Crippen MR) is 121 cm³/mol. The number of nitrogens with one attached hydrogen (secondary N) is 1. The van der Waals surface area contributed by atoms with Gasteiger partial charge in [-0.05, 0) is 83.0 Å². The lowest BCUT2D eigenvalue weighted by molar-refractivity contribution is 0.490. The molecule has 0 aliphatic heterocycles. The van der Waals surface area contributed by atoms with Crippen LogP contribution in [0.5, 0.6) is 0 Å². The average Bonchev–Trinajstić information content (AvgIpc) is 3.17. The van der Waals surface area contributed by atoms with Crippen LogP contribution in [-0.2, 0) is 0 Å². The van der Waals surface area contributed by atoms with E-state index < -0.39 is 0 Å². The van der Waals surface area contributed by atoms with Gasteiger partial charge in [0.05, 0.1) is 11.9 Å². The Bertz CT molecular complexity index is 1190. The minimum atomic E-state index is 0.705. The third-order valence-electron chi connectivity index (χ3n) is 5.11. The fourth-order valence-electron chi connectivity index (χ4n) is 3.60. The molecule has 0 radical (unpaired) electrons. The molecule has 0 saturated carbocycles. The smallest absolute Gasteiger partial charge is 0.261 e. The van der Waals surface area contributed by atoms with Crippen molar-refractivity contribution in [2.45, 2.75) is 30.9 Å². The molecule has 1 aromatic heterocycles. The molecule has 1 heterocycles. The van der Waals surface area contributed by atoms with E-state index in [1.807, 2.05) is 30.5 Å². The Hall–Kier alpha value is -3.05. The Morgan fingerprint density at radius 2 is 1.76 bits per heavy atom. The lowest BCUT2D eigenvalue weighted by Crippen LogP contribution is -2.00. The van der Waals surface area contributed by atoms with Gasteiger partial charge >= 0.3 is 0 Å². The van der Waals surface area contributed by atoms with Crippen LogP contribution < -0.4 is 5.43 Å². The summed E-state index contributed by atoms with van der Waals surface area (Å²) in [6.45, 7) is 0. The average molecular weight is 400 g/mol. The monoisotopic (exact) mass is 399 g/mol. The quantitative estimate of drug-likeness (QED) is 0.290. The molecule has 1 aliphatic rings. The molecular weight excluding hydrogens is 378 g/mol. The van der Waals surface area contributed by atoms with E-state index in [1.165, 1.54) is 34.1 Å². The SMILES string of the molecule is C(=N/Nc1ccc2ccccc2c1)/C1=C(Sc2nc3ccccc3o2)CCCC1. The third-order valence-corrected chi connectivity index (χ3v) is 6.17. The zero-order valence-corrected chi connectivity index (χ0v) is 16.8. The van der Waals surface area contributed by atoms with E-state index in [1.54, 1.807) is 11.8 Å². The molecule has 0 amide bonds. The van der Waals surface area contributed by atoms with Crippen LogP contribution >= 0.6 is 11.8 Å². The first-order valence-electron chi connectivity index (χ1n) is 9.88. The summed E-state index contributed by atoms with van der Waals surface area (Å²) in [5.41, 5.74) is 7.16. The minimum Gasteiger partial charge on any atom is -0.431 e. The van der Waals surface area contributed by atoms with Gasteiger partial charge in [-0.15, -0.1) is 0 Å². The highest BCUT2D eigenvalue weighted by atomic mass is 32.2. The van der Waals surface area contributed by atoms with Gasteiger partial charge in [-0.1, -0.05) is 42.5 Å². The minimum absolute atomic E-state index is 0.705. The first-order chi connectivity index (χ1) is 14.3. The Balaban J connectivity index is 1.34. The molecule has 0 unspecified atom stereocenters. The molecule has 5 rings (SSSR count). The summed E-state index contributed by atoms with van der Waals surface area (Å²) < 4.78 is 5.89. The summed E-state index contributed by atoms with van der Waals surface area (Å²) in [5, 5.41) is 7.65.